The number of pyridine rings is 1. The maximum absolute atomic E-state index is 9.09. The Balaban J connectivity index is 1.71. The van der Waals surface area contributed by atoms with Crippen LogP contribution in [0.25, 0.3) is 0 Å². The third kappa shape index (κ3) is 2.70. The SMILES string of the molecule is N#Cc1cccnc1N[C@H]1CCO[C@]2(CCSC2)C1. The van der Waals surface area contributed by atoms with E-state index in [1.54, 1.807) is 18.3 Å². The summed E-state index contributed by atoms with van der Waals surface area (Å²) in [5.74, 6) is 3.00. The van der Waals surface area contributed by atoms with Gasteiger partial charge in [-0.2, -0.15) is 17.0 Å². The van der Waals surface area contributed by atoms with Gasteiger partial charge in [0.05, 0.1) is 11.2 Å². The number of ether oxygens (including phenoxy) is 1. The Kier molecular flexibility index (Phi) is 3.63. The lowest BCUT2D eigenvalue weighted by molar-refractivity contribution is -0.0628. The van der Waals surface area contributed by atoms with Crippen LogP contribution in [0.2, 0.25) is 0 Å². The minimum atomic E-state index is 0.0577. The van der Waals surface area contributed by atoms with Crippen LogP contribution in [0.4, 0.5) is 5.82 Å². The number of thioether (sulfide) groups is 1. The number of nitrogens with one attached hydrogen (secondary N) is 1. The van der Waals surface area contributed by atoms with Crippen molar-refractivity contribution in [1.29, 1.82) is 5.26 Å². The Morgan fingerprint density at radius 2 is 2.53 bits per heavy atom. The highest BCUT2D eigenvalue weighted by Gasteiger charge is 2.40. The normalized spacial score (nSPS) is 30.2. The van der Waals surface area contributed by atoms with Gasteiger partial charge in [-0.15, -0.1) is 0 Å². The van der Waals surface area contributed by atoms with Crippen LogP contribution in [-0.4, -0.2) is 34.7 Å². The molecule has 0 amide bonds. The molecule has 0 bridgehead atoms. The van der Waals surface area contributed by atoms with Gasteiger partial charge in [0.15, 0.2) is 0 Å². The Bertz CT molecular complexity index is 494. The van der Waals surface area contributed by atoms with Crippen molar-refractivity contribution in [2.45, 2.75) is 30.9 Å². The summed E-state index contributed by atoms with van der Waals surface area (Å²) in [6, 6.07) is 6.14. The number of hydrogen-bond donors (Lipinski definition) is 1. The quantitative estimate of drug-likeness (QED) is 0.898. The molecular weight excluding hydrogens is 258 g/mol. The molecule has 2 aliphatic heterocycles. The predicted molar refractivity (Wildman–Crippen MR) is 76.2 cm³/mol. The topological polar surface area (TPSA) is 57.9 Å². The predicted octanol–water partition coefficient (Wildman–Crippen LogP) is 2.42. The molecule has 2 atom stereocenters. The van der Waals surface area contributed by atoms with Gasteiger partial charge in [-0.25, -0.2) is 4.98 Å². The molecule has 2 saturated heterocycles. The fourth-order valence-corrected chi connectivity index (χ4v) is 4.20. The molecule has 2 aliphatic rings. The molecule has 0 saturated carbocycles. The van der Waals surface area contributed by atoms with E-state index in [2.05, 4.69) is 16.4 Å². The van der Waals surface area contributed by atoms with Gasteiger partial charge in [-0.05, 0) is 37.1 Å². The maximum Gasteiger partial charge on any atom is 0.144 e. The van der Waals surface area contributed by atoms with Gasteiger partial charge < -0.3 is 10.1 Å². The highest BCUT2D eigenvalue weighted by molar-refractivity contribution is 7.99. The molecule has 0 radical (unpaired) electrons. The van der Waals surface area contributed by atoms with E-state index >= 15 is 0 Å². The van der Waals surface area contributed by atoms with E-state index in [0.29, 0.717) is 17.4 Å². The van der Waals surface area contributed by atoms with Crippen LogP contribution in [0.1, 0.15) is 24.8 Å². The lowest BCUT2D eigenvalue weighted by atomic mass is 9.90. The number of rotatable bonds is 2. The van der Waals surface area contributed by atoms with Gasteiger partial charge >= 0.3 is 0 Å². The first-order chi connectivity index (χ1) is 9.31. The highest BCUT2D eigenvalue weighted by atomic mass is 32.2. The number of nitrogens with zero attached hydrogens (tertiary/aromatic N) is 2. The second-order valence-corrected chi connectivity index (χ2v) is 6.28. The zero-order chi connectivity index (χ0) is 13.1. The summed E-state index contributed by atoms with van der Waals surface area (Å²) >= 11 is 1.97. The summed E-state index contributed by atoms with van der Waals surface area (Å²) in [4.78, 5) is 4.28. The molecule has 1 spiro atoms. The van der Waals surface area contributed by atoms with E-state index in [0.717, 1.165) is 31.6 Å². The smallest absolute Gasteiger partial charge is 0.144 e. The Morgan fingerprint density at radius 3 is 3.32 bits per heavy atom. The van der Waals surface area contributed by atoms with Crippen molar-refractivity contribution in [2.24, 2.45) is 0 Å². The Morgan fingerprint density at radius 1 is 1.58 bits per heavy atom. The molecule has 1 N–H and O–H groups in total. The summed E-state index contributed by atoms with van der Waals surface area (Å²) in [7, 11) is 0. The van der Waals surface area contributed by atoms with E-state index in [9.17, 15) is 0 Å². The molecule has 100 valence electrons. The van der Waals surface area contributed by atoms with Crippen LogP contribution in [0.5, 0.6) is 0 Å². The molecule has 4 nitrogen and oxygen atoms in total. The zero-order valence-electron chi connectivity index (χ0n) is 10.8. The second-order valence-electron chi connectivity index (χ2n) is 5.18. The molecule has 0 aromatic carbocycles. The van der Waals surface area contributed by atoms with E-state index in [4.69, 9.17) is 10.00 Å². The van der Waals surface area contributed by atoms with Gasteiger partial charge in [-0.3, -0.25) is 0 Å². The van der Waals surface area contributed by atoms with Crippen molar-refractivity contribution < 1.29 is 4.74 Å². The first-order valence-corrected chi connectivity index (χ1v) is 7.80. The van der Waals surface area contributed by atoms with E-state index < -0.39 is 0 Å². The van der Waals surface area contributed by atoms with Gasteiger partial charge in [0.25, 0.3) is 0 Å². The van der Waals surface area contributed by atoms with Crippen molar-refractivity contribution in [2.75, 3.05) is 23.4 Å². The monoisotopic (exact) mass is 275 g/mol. The fourth-order valence-electron chi connectivity index (χ4n) is 2.82. The van der Waals surface area contributed by atoms with Crippen LogP contribution < -0.4 is 5.32 Å². The van der Waals surface area contributed by atoms with Crippen LogP contribution >= 0.6 is 11.8 Å². The van der Waals surface area contributed by atoms with Crippen molar-refractivity contribution in [1.82, 2.24) is 4.98 Å². The summed E-state index contributed by atoms with van der Waals surface area (Å²) in [5, 5.41) is 12.5. The van der Waals surface area contributed by atoms with Crippen LogP contribution in [0, 0.1) is 11.3 Å². The van der Waals surface area contributed by atoms with Gasteiger partial charge in [0.1, 0.15) is 11.9 Å². The average Bonchev–Trinajstić information content (AvgIpc) is 2.87. The molecule has 2 fully saturated rings. The first kappa shape index (κ1) is 12.8. The van der Waals surface area contributed by atoms with Crippen LogP contribution in [0.15, 0.2) is 18.3 Å². The van der Waals surface area contributed by atoms with E-state index in [-0.39, 0.29) is 5.60 Å². The molecule has 0 aliphatic carbocycles. The third-order valence-electron chi connectivity index (χ3n) is 3.83. The average molecular weight is 275 g/mol. The lowest BCUT2D eigenvalue weighted by Gasteiger charge is -2.38. The zero-order valence-corrected chi connectivity index (χ0v) is 11.6. The van der Waals surface area contributed by atoms with Gasteiger partial charge in [0.2, 0.25) is 0 Å². The van der Waals surface area contributed by atoms with Gasteiger partial charge in [0, 0.05) is 24.6 Å². The Hall–Kier alpha value is -1.25. The molecular formula is C14H17N3OS. The molecule has 19 heavy (non-hydrogen) atoms. The number of anilines is 1. The second kappa shape index (κ2) is 5.40. The molecule has 5 heteroatoms. The fraction of sp³-hybridized carbons (Fsp3) is 0.571. The number of nitriles is 1. The summed E-state index contributed by atoms with van der Waals surface area (Å²) < 4.78 is 6.00. The lowest BCUT2D eigenvalue weighted by Crippen LogP contribution is -2.44. The molecule has 0 unspecified atom stereocenters. The minimum Gasteiger partial charge on any atom is -0.374 e. The summed E-state index contributed by atoms with van der Waals surface area (Å²) in [6.45, 7) is 0.799. The third-order valence-corrected chi connectivity index (χ3v) is 5.05. The van der Waals surface area contributed by atoms with Crippen molar-refractivity contribution in [3.63, 3.8) is 0 Å². The molecule has 1 aromatic rings. The van der Waals surface area contributed by atoms with Crippen LogP contribution in [0.3, 0.4) is 0 Å². The highest BCUT2D eigenvalue weighted by Crippen LogP contribution is 2.38. The van der Waals surface area contributed by atoms with Crippen molar-refractivity contribution in [3.05, 3.63) is 23.9 Å². The number of aromatic nitrogens is 1. The van der Waals surface area contributed by atoms with Crippen LogP contribution in [-0.2, 0) is 4.74 Å². The number of hydrogen-bond acceptors (Lipinski definition) is 5. The van der Waals surface area contributed by atoms with Gasteiger partial charge in [-0.1, -0.05) is 0 Å². The molecule has 3 heterocycles. The summed E-state index contributed by atoms with van der Waals surface area (Å²) in [6.07, 6.45) is 4.86. The largest absolute Gasteiger partial charge is 0.374 e. The molecule has 3 rings (SSSR count). The minimum absolute atomic E-state index is 0.0577. The molecule has 1 aromatic heterocycles. The maximum atomic E-state index is 9.09. The van der Waals surface area contributed by atoms with Crippen molar-refractivity contribution >= 4 is 17.6 Å². The first-order valence-electron chi connectivity index (χ1n) is 6.65. The van der Waals surface area contributed by atoms with E-state index in [1.165, 1.54) is 5.75 Å². The van der Waals surface area contributed by atoms with Crippen molar-refractivity contribution in [3.8, 4) is 6.07 Å². The Labute approximate surface area is 117 Å². The van der Waals surface area contributed by atoms with E-state index in [1.807, 2.05) is 11.8 Å². The summed E-state index contributed by atoms with van der Waals surface area (Å²) in [5.41, 5.74) is 0.672. The standard InChI is InChI=1S/C14H17N3OS/c15-9-11-2-1-5-16-13(11)17-12-3-6-18-14(8-12)4-7-19-10-14/h1-2,5,12H,3-4,6-8,10H2,(H,16,17)/t12-,14+/m0/s1.